The Morgan fingerprint density at radius 3 is 2.25 bits per heavy atom. The highest BCUT2D eigenvalue weighted by Gasteiger charge is 2.43. The monoisotopic (exact) mass is 284 g/mol. The lowest BCUT2D eigenvalue weighted by atomic mass is 9.76. The van der Waals surface area contributed by atoms with Crippen LogP contribution in [0.3, 0.4) is 0 Å². The molecule has 1 atom stereocenters. The number of ether oxygens (including phenoxy) is 1. The van der Waals surface area contributed by atoms with E-state index in [0.717, 1.165) is 19.4 Å². The van der Waals surface area contributed by atoms with Crippen LogP contribution in [0.1, 0.15) is 61.3 Å². The number of hydrogen-bond donors (Lipinski definition) is 1. The molecule has 4 nitrogen and oxygen atoms in total. The third kappa shape index (κ3) is 4.37. The van der Waals surface area contributed by atoms with Crippen molar-refractivity contribution in [1.29, 1.82) is 0 Å². The molecule has 1 saturated heterocycles. The number of nitrogens with zero attached hydrogens (tertiary/aromatic N) is 1. The van der Waals surface area contributed by atoms with Gasteiger partial charge in [-0.1, -0.05) is 13.8 Å². The largest absolute Gasteiger partial charge is 0.444 e. The second kappa shape index (κ2) is 5.55. The molecule has 118 valence electrons. The minimum atomic E-state index is -0.451. The molecule has 0 bridgehead atoms. The van der Waals surface area contributed by atoms with Crippen LogP contribution in [0.5, 0.6) is 0 Å². The molecule has 0 aromatic rings. The number of carbonyl (C=O) groups is 1. The summed E-state index contributed by atoms with van der Waals surface area (Å²) in [6.45, 7) is 15.2. The van der Waals surface area contributed by atoms with Gasteiger partial charge < -0.3 is 15.0 Å². The van der Waals surface area contributed by atoms with Gasteiger partial charge in [-0.3, -0.25) is 0 Å². The van der Waals surface area contributed by atoms with Crippen molar-refractivity contribution in [2.75, 3.05) is 13.6 Å². The Balaban J connectivity index is 2.97. The van der Waals surface area contributed by atoms with Gasteiger partial charge in [-0.2, -0.15) is 0 Å². The first-order chi connectivity index (χ1) is 8.88. The third-order valence-electron chi connectivity index (χ3n) is 4.17. The predicted molar refractivity (Wildman–Crippen MR) is 82.9 cm³/mol. The number of nitrogens with one attached hydrogen (secondary N) is 1. The lowest BCUT2D eigenvalue weighted by Crippen LogP contribution is -2.62. The molecule has 1 heterocycles. The normalized spacial score (nSPS) is 23.6. The molecule has 1 aliphatic rings. The van der Waals surface area contributed by atoms with Crippen LogP contribution in [0, 0.1) is 5.41 Å². The molecule has 0 aliphatic carbocycles. The van der Waals surface area contributed by atoms with E-state index in [1.165, 1.54) is 0 Å². The van der Waals surface area contributed by atoms with Crippen LogP contribution >= 0.6 is 0 Å². The van der Waals surface area contributed by atoms with E-state index in [4.69, 9.17) is 4.74 Å². The lowest BCUT2D eigenvalue weighted by Gasteiger charge is -2.49. The zero-order valence-electron chi connectivity index (χ0n) is 14.5. The number of piperidine rings is 1. The van der Waals surface area contributed by atoms with E-state index in [9.17, 15) is 4.79 Å². The van der Waals surface area contributed by atoms with Crippen molar-refractivity contribution in [2.24, 2.45) is 5.41 Å². The molecule has 0 saturated carbocycles. The van der Waals surface area contributed by atoms with Gasteiger partial charge in [0.1, 0.15) is 5.60 Å². The van der Waals surface area contributed by atoms with Gasteiger partial charge in [0.25, 0.3) is 0 Å². The fraction of sp³-hybridized carbons (Fsp3) is 0.938. The Morgan fingerprint density at radius 2 is 1.80 bits per heavy atom. The molecule has 0 aromatic carbocycles. The lowest BCUT2D eigenvalue weighted by molar-refractivity contribution is -0.0224. The quantitative estimate of drug-likeness (QED) is 0.845. The first-order valence-electron chi connectivity index (χ1n) is 7.56. The Hall–Kier alpha value is -0.770. The number of hydrogen-bond acceptors (Lipinski definition) is 3. The van der Waals surface area contributed by atoms with Crippen molar-refractivity contribution in [2.45, 2.75) is 78.5 Å². The number of likely N-dealkylation sites (N-methyl/N-ethyl adjacent to an activating group) is 1. The molecule has 1 aliphatic heterocycles. The maximum Gasteiger partial charge on any atom is 0.410 e. The Kier molecular flexibility index (Phi) is 4.79. The molecule has 0 radical (unpaired) electrons. The van der Waals surface area contributed by atoms with Gasteiger partial charge >= 0.3 is 6.09 Å². The van der Waals surface area contributed by atoms with Crippen LogP contribution < -0.4 is 5.32 Å². The van der Waals surface area contributed by atoms with Gasteiger partial charge in [0.15, 0.2) is 0 Å². The smallest absolute Gasteiger partial charge is 0.410 e. The zero-order chi connectivity index (χ0) is 15.8. The van der Waals surface area contributed by atoms with Crippen LogP contribution in [0.2, 0.25) is 0 Å². The van der Waals surface area contributed by atoms with Gasteiger partial charge in [-0.05, 0) is 59.9 Å². The maximum atomic E-state index is 12.6. The van der Waals surface area contributed by atoms with Crippen LogP contribution in [-0.2, 0) is 4.74 Å². The standard InChI is InChI=1S/C16H32N2O2/c1-14(2,3)20-13(19)18-11-15(4,5)10-9-12(18)16(6,7)17-8/h12,17H,9-11H2,1-8H3. The molecule has 1 N–H and O–H groups in total. The van der Waals surface area contributed by atoms with Crippen LogP contribution in [-0.4, -0.2) is 41.8 Å². The first kappa shape index (κ1) is 17.3. The molecule has 1 amide bonds. The summed E-state index contributed by atoms with van der Waals surface area (Å²) >= 11 is 0. The molecule has 1 fully saturated rings. The predicted octanol–water partition coefficient (Wildman–Crippen LogP) is 3.41. The summed E-state index contributed by atoms with van der Waals surface area (Å²) in [6, 6.07) is 0.162. The summed E-state index contributed by atoms with van der Waals surface area (Å²) in [7, 11) is 1.95. The molecule has 0 spiro atoms. The summed E-state index contributed by atoms with van der Waals surface area (Å²) in [4.78, 5) is 14.5. The molecular formula is C16H32N2O2. The van der Waals surface area contributed by atoms with E-state index in [2.05, 4.69) is 33.0 Å². The van der Waals surface area contributed by atoms with Gasteiger partial charge in [0.05, 0.1) is 6.04 Å². The van der Waals surface area contributed by atoms with Crippen molar-refractivity contribution < 1.29 is 9.53 Å². The van der Waals surface area contributed by atoms with Gasteiger partial charge in [0, 0.05) is 12.1 Å². The fourth-order valence-corrected chi connectivity index (χ4v) is 2.76. The molecule has 1 rings (SSSR count). The molecular weight excluding hydrogens is 252 g/mol. The van der Waals surface area contributed by atoms with E-state index in [-0.39, 0.29) is 23.1 Å². The Bertz CT molecular complexity index is 356. The SMILES string of the molecule is CNC(C)(C)C1CCC(C)(C)CN1C(=O)OC(C)(C)C. The average molecular weight is 284 g/mol. The maximum absolute atomic E-state index is 12.6. The van der Waals surface area contributed by atoms with Gasteiger partial charge in [-0.15, -0.1) is 0 Å². The molecule has 1 unspecified atom stereocenters. The number of rotatable bonds is 2. The van der Waals surface area contributed by atoms with Gasteiger partial charge in [-0.25, -0.2) is 4.79 Å². The second-order valence-corrected chi connectivity index (χ2v) is 8.30. The van der Waals surface area contributed by atoms with Crippen LogP contribution in [0.4, 0.5) is 4.79 Å². The summed E-state index contributed by atoms with van der Waals surface area (Å²) in [5.74, 6) is 0. The summed E-state index contributed by atoms with van der Waals surface area (Å²) in [6.07, 6.45) is 1.93. The van der Waals surface area contributed by atoms with Crippen molar-refractivity contribution in [3.05, 3.63) is 0 Å². The van der Waals surface area contributed by atoms with Crippen LogP contribution in [0.25, 0.3) is 0 Å². The average Bonchev–Trinajstić information content (AvgIpc) is 2.25. The topological polar surface area (TPSA) is 41.6 Å². The highest BCUT2D eigenvalue weighted by Crippen LogP contribution is 2.36. The summed E-state index contributed by atoms with van der Waals surface area (Å²) in [5, 5.41) is 3.34. The molecule has 4 heteroatoms. The van der Waals surface area contributed by atoms with E-state index < -0.39 is 5.60 Å². The van der Waals surface area contributed by atoms with Crippen molar-refractivity contribution in [3.8, 4) is 0 Å². The summed E-state index contributed by atoms with van der Waals surface area (Å²) in [5.41, 5.74) is -0.419. The van der Waals surface area contributed by atoms with E-state index in [1.54, 1.807) is 0 Å². The first-order valence-corrected chi connectivity index (χ1v) is 7.56. The summed E-state index contributed by atoms with van der Waals surface area (Å²) < 4.78 is 5.60. The minimum absolute atomic E-state index is 0.118. The van der Waals surface area contributed by atoms with Crippen LogP contribution in [0.15, 0.2) is 0 Å². The highest BCUT2D eigenvalue weighted by atomic mass is 16.6. The van der Waals surface area contributed by atoms with E-state index >= 15 is 0 Å². The minimum Gasteiger partial charge on any atom is -0.444 e. The van der Waals surface area contributed by atoms with Gasteiger partial charge in [0.2, 0.25) is 0 Å². The van der Waals surface area contributed by atoms with Crippen molar-refractivity contribution in [1.82, 2.24) is 10.2 Å². The van der Waals surface area contributed by atoms with Crippen molar-refractivity contribution in [3.63, 3.8) is 0 Å². The molecule has 0 aromatic heterocycles. The Morgan fingerprint density at radius 1 is 1.25 bits per heavy atom. The number of amides is 1. The van der Waals surface area contributed by atoms with Crippen molar-refractivity contribution >= 4 is 6.09 Å². The number of carbonyl (C=O) groups excluding carboxylic acids is 1. The zero-order valence-corrected chi connectivity index (χ0v) is 14.5. The highest BCUT2D eigenvalue weighted by molar-refractivity contribution is 5.69. The third-order valence-corrected chi connectivity index (χ3v) is 4.17. The second-order valence-electron chi connectivity index (χ2n) is 8.30. The van der Waals surface area contributed by atoms with E-state index in [1.807, 2.05) is 32.7 Å². The number of likely N-dealkylation sites (tertiary alicyclic amines) is 1. The fourth-order valence-electron chi connectivity index (χ4n) is 2.76. The van der Waals surface area contributed by atoms with E-state index in [0.29, 0.717) is 0 Å². The Labute approximate surface area is 124 Å². The molecule has 20 heavy (non-hydrogen) atoms.